The van der Waals surface area contributed by atoms with Crippen LogP contribution in [0.4, 0.5) is 4.39 Å². The summed E-state index contributed by atoms with van der Waals surface area (Å²) in [7, 11) is -2.63. The molecule has 1 amide bonds. The van der Waals surface area contributed by atoms with Crippen molar-refractivity contribution in [2.75, 3.05) is 20.3 Å². The molecule has 8 heteroatoms. The van der Waals surface area contributed by atoms with E-state index in [1.807, 2.05) is 0 Å². The zero-order valence-electron chi connectivity index (χ0n) is 12.2. The number of benzene rings is 1. The molecule has 1 rings (SSSR count). The van der Waals surface area contributed by atoms with E-state index in [0.717, 1.165) is 18.2 Å². The molecule has 2 N–H and O–H groups in total. The lowest BCUT2D eigenvalue weighted by molar-refractivity contribution is 0.0575. The van der Waals surface area contributed by atoms with E-state index in [0.29, 0.717) is 6.54 Å². The molecule has 0 aliphatic rings. The second-order valence-corrected chi connectivity index (χ2v) is 6.11. The van der Waals surface area contributed by atoms with Crippen LogP contribution in [0.1, 0.15) is 24.2 Å². The zero-order valence-corrected chi connectivity index (χ0v) is 13.0. The molecule has 6 nitrogen and oxygen atoms in total. The quantitative estimate of drug-likeness (QED) is 0.846. The van der Waals surface area contributed by atoms with E-state index >= 15 is 0 Å². The maximum Gasteiger partial charge on any atom is 0.255 e. The number of hydrogen-bond donors (Lipinski definition) is 1. The van der Waals surface area contributed by atoms with Gasteiger partial charge in [-0.15, -0.1) is 0 Å². The summed E-state index contributed by atoms with van der Waals surface area (Å²) in [5, 5.41) is 5.08. The average molecular weight is 318 g/mol. The number of nitrogens with two attached hydrogens (primary N) is 1. The molecule has 0 bridgehead atoms. The average Bonchev–Trinajstić information content (AvgIpc) is 2.38. The van der Waals surface area contributed by atoms with Crippen LogP contribution in [0.5, 0.6) is 0 Å². The fourth-order valence-corrected chi connectivity index (χ4v) is 2.77. The summed E-state index contributed by atoms with van der Waals surface area (Å²) in [6.07, 6.45) is 0. The van der Waals surface area contributed by atoms with Gasteiger partial charge in [0.05, 0.1) is 23.1 Å². The molecule has 1 aromatic carbocycles. The molecule has 0 heterocycles. The number of carbonyl (C=O) groups is 1. The van der Waals surface area contributed by atoms with Crippen molar-refractivity contribution in [3.8, 4) is 0 Å². The minimum atomic E-state index is -4.12. The highest BCUT2D eigenvalue weighted by Crippen LogP contribution is 2.19. The standard InChI is InChI=1S/C13H19FN2O4S/c1-4-16(9(2)8-20-3)13(17)11-7-10(14)5-6-12(11)21(15,18)19/h5-7,9H,4,8H2,1-3H3,(H2,15,18,19). The first-order chi connectivity index (χ1) is 9.72. The van der Waals surface area contributed by atoms with E-state index in [1.54, 1.807) is 13.8 Å². The van der Waals surface area contributed by atoms with Gasteiger partial charge >= 0.3 is 0 Å². The fourth-order valence-electron chi connectivity index (χ4n) is 2.06. The van der Waals surface area contributed by atoms with Crippen molar-refractivity contribution < 1.29 is 22.3 Å². The smallest absolute Gasteiger partial charge is 0.255 e. The first-order valence-corrected chi connectivity index (χ1v) is 7.89. The molecule has 0 saturated heterocycles. The molecule has 0 aliphatic carbocycles. The Hall–Kier alpha value is -1.51. The molecule has 1 aromatic rings. The highest BCUT2D eigenvalue weighted by atomic mass is 32.2. The first-order valence-electron chi connectivity index (χ1n) is 6.34. The van der Waals surface area contributed by atoms with Crippen LogP contribution in [0, 0.1) is 5.82 Å². The van der Waals surface area contributed by atoms with Crippen LogP contribution in [-0.4, -0.2) is 45.5 Å². The largest absolute Gasteiger partial charge is 0.383 e. The maximum absolute atomic E-state index is 13.4. The van der Waals surface area contributed by atoms with Crippen molar-refractivity contribution in [3.05, 3.63) is 29.6 Å². The van der Waals surface area contributed by atoms with Gasteiger partial charge in [-0.1, -0.05) is 0 Å². The number of nitrogens with zero attached hydrogens (tertiary/aromatic N) is 1. The summed E-state index contributed by atoms with van der Waals surface area (Å²) >= 11 is 0. The van der Waals surface area contributed by atoms with Crippen LogP contribution in [0.15, 0.2) is 23.1 Å². The molecule has 0 fully saturated rings. The van der Waals surface area contributed by atoms with E-state index in [9.17, 15) is 17.6 Å². The van der Waals surface area contributed by atoms with Crippen LogP contribution in [-0.2, 0) is 14.8 Å². The van der Waals surface area contributed by atoms with Gasteiger partial charge in [-0.25, -0.2) is 17.9 Å². The van der Waals surface area contributed by atoms with Gasteiger partial charge in [0, 0.05) is 13.7 Å². The highest BCUT2D eigenvalue weighted by Gasteiger charge is 2.26. The lowest BCUT2D eigenvalue weighted by atomic mass is 10.1. The van der Waals surface area contributed by atoms with Crippen LogP contribution in [0.2, 0.25) is 0 Å². The van der Waals surface area contributed by atoms with Crippen molar-refractivity contribution in [1.82, 2.24) is 4.90 Å². The van der Waals surface area contributed by atoms with E-state index in [-0.39, 0.29) is 18.2 Å². The molecule has 0 aromatic heterocycles. The number of halogens is 1. The zero-order chi connectivity index (χ0) is 16.2. The number of hydrogen-bond acceptors (Lipinski definition) is 4. The van der Waals surface area contributed by atoms with E-state index in [2.05, 4.69) is 0 Å². The highest BCUT2D eigenvalue weighted by molar-refractivity contribution is 7.89. The first kappa shape index (κ1) is 17.5. The van der Waals surface area contributed by atoms with Crippen molar-refractivity contribution in [1.29, 1.82) is 0 Å². The van der Waals surface area contributed by atoms with Crippen LogP contribution in [0.25, 0.3) is 0 Å². The van der Waals surface area contributed by atoms with Gasteiger partial charge in [0.1, 0.15) is 5.82 Å². The molecule has 1 unspecified atom stereocenters. The summed E-state index contributed by atoms with van der Waals surface area (Å²) in [4.78, 5) is 13.5. The number of carbonyl (C=O) groups excluding carboxylic acids is 1. The Balaban J connectivity index is 3.31. The lowest BCUT2D eigenvalue weighted by Crippen LogP contribution is -2.41. The van der Waals surface area contributed by atoms with Crippen molar-refractivity contribution >= 4 is 15.9 Å². The Bertz CT molecular complexity index is 619. The number of sulfonamides is 1. The van der Waals surface area contributed by atoms with Crippen molar-refractivity contribution in [2.24, 2.45) is 5.14 Å². The Morgan fingerprint density at radius 3 is 2.57 bits per heavy atom. The summed E-state index contributed by atoms with van der Waals surface area (Å²) in [5.74, 6) is -1.31. The minimum absolute atomic E-state index is 0.276. The van der Waals surface area contributed by atoms with Gasteiger partial charge in [0.25, 0.3) is 5.91 Å². The Morgan fingerprint density at radius 2 is 2.10 bits per heavy atom. The van der Waals surface area contributed by atoms with Gasteiger partial charge in [-0.2, -0.15) is 0 Å². The number of ether oxygens (including phenoxy) is 1. The third kappa shape index (κ3) is 4.23. The number of rotatable bonds is 6. The molecule has 0 radical (unpaired) electrons. The van der Waals surface area contributed by atoms with Gasteiger partial charge in [-0.3, -0.25) is 4.79 Å². The van der Waals surface area contributed by atoms with Crippen LogP contribution >= 0.6 is 0 Å². The van der Waals surface area contributed by atoms with Crippen LogP contribution < -0.4 is 5.14 Å². The van der Waals surface area contributed by atoms with Gasteiger partial charge < -0.3 is 9.64 Å². The summed E-state index contributed by atoms with van der Waals surface area (Å²) < 4.78 is 41.4. The summed E-state index contributed by atoms with van der Waals surface area (Å²) in [6, 6.07) is 2.53. The SMILES string of the molecule is CCN(C(=O)c1cc(F)ccc1S(N)(=O)=O)C(C)COC. The predicted molar refractivity (Wildman–Crippen MR) is 75.8 cm³/mol. The minimum Gasteiger partial charge on any atom is -0.383 e. The summed E-state index contributed by atoms with van der Waals surface area (Å²) in [5.41, 5.74) is -0.276. The maximum atomic E-state index is 13.4. The van der Waals surface area contributed by atoms with E-state index in [4.69, 9.17) is 9.88 Å². The van der Waals surface area contributed by atoms with Crippen LogP contribution in [0.3, 0.4) is 0 Å². The number of amides is 1. The van der Waals surface area contributed by atoms with Crippen molar-refractivity contribution in [2.45, 2.75) is 24.8 Å². The third-order valence-corrected chi connectivity index (χ3v) is 3.99. The topological polar surface area (TPSA) is 89.7 Å². The molecule has 0 spiro atoms. The lowest BCUT2D eigenvalue weighted by Gasteiger charge is -2.28. The number of likely N-dealkylation sites (N-methyl/N-ethyl adjacent to an activating group) is 1. The number of primary sulfonamides is 1. The molecule has 21 heavy (non-hydrogen) atoms. The molecule has 1 atom stereocenters. The molecule has 0 aliphatic heterocycles. The van der Waals surface area contributed by atoms with E-state index in [1.165, 1.54) is 12.0 Å². The monoisotopic (exact) mass is 318 g/mol. The van der Waals surface area contributed by atoms with Crippen molar-refractivity contribution in [3.63, 3.8) is 0 Å². The van der Waals surface area contributed by atoms with E-state index < -0.39 is 26.6 Å². The second kappa shape index (κ2) is 6.97. The number of methoxy groups -OCH3 is 1. The second-order valence-electron chi connectivity index (χ2n) is 4.58. The van der Waals surface area contributed by atoms with Gasteiger partial charge in [0.15, 0.2) is 0 Å². The molecule has 0 saturated carbocycles. The molecule has 118 valence electrons. The Morgan fingerprint density at radius 1 is 1.48 bits per heavy atom. The van der Waals surface area contributed by atoms with Gasteiger partial charge in [-0.05, 0) is 32.0 Å². The Labute approximate surface area is 123 Å². The third-order valence-electron chi connectivity index (χ3n) is 3.02. The fraction of sp³-hybridized carbons (Fsp3) is 0.462. The molecular formula is C13H19FN2O4S. The normalized spacial score (nSPS) is 13.0. The van der Waals surface area contributed by atoms with Gasteiger partial charge in [0.2, 0.25) is 10.0 Å². The Kier molecular flexibility index (Phi) is 5.82. The molecular weight excluding hydrogens is 299 g/mol. The summed E-state index contributed by atoms with van der Waals surface area (Å²) in [6.45, 7) is 4.09. The predicted octanol–water partition coefficient (Wildman–Crippen LogP) is 0.970.